The molecule has 0 amide bonds. The van der Waals surface area contributed by atoms with E-state index in [0.29, 0.717) is 37.7 Å². The Labute approximate surface area is 162 Å². The molecule has 0 radical (unpaired) electrons. The van der Waals surface area contributed by atoms with Gasteiger partial charge in [-0.25, -0.2) is 0 Å². The van der Waals surface area contributed by atoms with Crippen LogP contribution in [0.1, 0.15) is 68.3 Å². The van der Waals surface area contributed by atoms with E-state index in [2.05, 4.69) is 0 Å². The van der Waals surface area contributed by atoms with Crippen LogP contribution >= 0.6 is 0 Å². The third-order valence-corrected chi connectivity index (χ3v) is 2.90. The van der Waals surface area contributed by atoms with Crippen LogP contribution in [-0.4, -0.2) is 49.5 Å². The molecule has 0 saturated carbocycles. The lowest BCUT2D eigenvalue weighted by atomic mass is 9.96. The second-order valence-corrected chi connectivity index (χ2v) is 4.98. The minimum Gasteiger partial charge on any atom is -0.491 e. The monoisotopic (exact) mass is 376 g/mol. The summed E-state index contributed by atoms with van der Waals surface area (Å²) < 4.78 is 16.0. The molecule has 5 heteroatoms. The molecule has 0 unspecified atom stereocenters. The van der Waals surface area contributed by atoms with Crippen molar-refractivity contribution in [1.29, 1.82) is 0 Å². The van der Waals surface area contributed by atoms with Gasteiger partial charge in [0.2, 0.25) is 0 Å². The van der Waals surface area contributed by atoms with Crippen LogP contribution in [0.2, 0.25) is 0 Å². The van der Waals surface area contributed by atoms with Gasteiger partial charge in [0.1, 0.15) is 18.0 Å². The van der Waals surface area contributed by atoms with E-state index in [1.807, 2.05) is 6.92 Å². The van der Waals surface area contributed by atoms with Gasteiger partial charge >= 0.3 is 0 Å². The molecule has 1 aromatic rings. The smallest absolute Gasteiger partial charge is 0.194 e. The minimum absolute atomic E-state index is 0. The molecule has 0 aliphatic rings. The number of aliphatic hydroxyl groups excluding tert-OH is 1. The van der Waals surface area contributed by atoms with Crippen molar-refractivity contribution >= 4 is 5.78 Å². The molecule has 0 aliphatic carbocycles. The highest BCUT2D eigenvalue weighted by molar-refractivity contribution is 6.02. The van der Waals surface area contributed by atoms with Crippen LogP contribution in [0.15, 0.2) is 24.3 Å². The number of carbonyl (C=O) groups is 1. The molecule has 0 bridgehead atoms. The summed E-state index contributed by atoms with van der Waals surface area (Å²) >= 11 is 0. The first-order valence-electron chi connectivity index (χ1n) is 7.11. The van der Waals surface area contributed by atoms with Crippen LogP contribution in [0.25, 0.3) is 0 Å². The van der Waals surface area contributed by atoms with Crippen LogP contribution in [0.4, 0.5) is 0 Å². The van der Waals surface area contributed by atoms with Crippen molar-refractivity contribution in [3.63, 3.8) is 0 Å². The van der Waals surface area contributed by atoms with Gasteiger partial charge in [-0.05, 0) is 45.0 Å². The van der Waals surface area contributed by atoms with Gasteiger partial charge in [-0.2, -0.15) is 0 Å². The van der Waals surface area contributed by atoms with Crippen LogP contribution in [0.3, 0.4) is 0 Å². The number of aliphatic hydroxyl groups is 1. The van der Waals surface area contributed by atoms with E-state index >= 15 is 0 Å². The second-order valence-electron chi connectivity index (χ2n) is 4.98. The molecule has 0 heterocycles. The largest absolute Gasteiger partial charge is 0.491 e. The number of carbonyl (C=O) groups excluding carboxylic acids is 1. The van der Waals surface area contributed by atoms with E-state index in [-0.39, 0.29) is 49.5 Å². The minimum atomic E-state index is -0.824. The normalized spacial score (nSPS) is 9.23. The zero-order valence-corrected chi connectivity index (χ0v) is 12.9. The van der Waals surface area contributed by atoms with E-state index in [4.69, 9.17) is 19.3 Å². The van der Waals surface area contributed by atoms with Gasteiger partial charge < -0.3 is 19.3 Å². The fraction of sp³-hybridized carbons (Fsp3) is 0.667. The van der Waals surface area contributed by atoms with Gasteiger partial charge in [-0.15, -0.1) is 0 Å². The van der Waals surface area contributed by atoms with Crippen molar-refractivity contribution in [1.82, 2.24) is 0 Å². The van der Waals surface area contributed by atoms with Gasteiger partial charge in [0, 0.05) is 12.2 Å². The number of hydrogen-bond acceptors (Lipinski definition) is 5. The number of rotatable bonds is 10. The first kappa shape index (κ1) is 35.6. The summed E-state index contributed by atoms with van der Waals surface area (Å²) in [7, 11) is 0. The Morgan fingerprint density at radius 3 is 1.96 bits per heavy atom. The summed E-state index contributed by atoms with van der Waals surface area (Å²) in [5.41, 5.74) is -0.229. The maximum atomic E-state index is 12.3. The van der Waals surface area contributed by atoms with Crippen molar-refractivity contribution in [2.24, 2.45) is 0 Å². The third-order valence-electron chi connectivity index (χ3n) is 2.90. The molecule has 0 aliphatic heterocycles. The molecule has 0 fully saturated rings. The lowest BCUT2D eigenvalue weighted by Crippen LogP contribution is -2.35. The molecular formula is C21H44O5. The van der Waals surface area contributed by atoms with Crippen LogP contribution in [0.5, 0.6) is 5.75 Å². The standard InChI is InChI=1S/C16H24O5.5CH4/c1-4-21-16(2,3)15(18)13-5-7-14(8-6-13)20-12-11-19-10-9-17;;;;;/h5-8,17H,4,9-12H2,1-3H3;5*1H4. The van der Waals surface area contributed by atoms with Gasteiger partial charge in [-0.1, -0.05) is 37.1 Å². The second kappa shape index (κ2) is 18.4. The highest BCUT2D eigenvalue weighted by Crippen LogP contribution is 2.19. The number of benzene rings is 1. The Morgan fingerprint density at radius 2 is 1.50 bits per heavy atom. The fourth-order valence-corrected chi connectivity index (χ4v) is 1.86. The fourth-order valence-electron chi connectivity index (χ4n) is 1.86. The predicted molar refractivity (Wildman–Crippen MR) is 114 cm³/mol. The topological polar surface area (TPSA) is 65.0 Å². The molecule has 5 nitrogen and oxygen atoms in total. The zero-order valence-electron chi connectivity index (χ0n) is 12.9. The third kappa shape index (κ3) is 12.0. The van der Waals surface area contributed by atoms with Crippen LogP contribution in [-0.2, 0) is 9.47 Å². The first-order valence-corrected chi connectivity index (χ1v) is 7.11. The molecule has 0 aromatic heterocycles. The van der Waals surface area contributed by atoms with Gasteiger partial charge in [0.25, 0.3) is 0 Å². The van der Waals surface area contributed by atoms with E-state index in [1.165, 1.54) is 0 Å². The van der Waals surface area contributed by atoms with Gasteiger partial charge in [-0.3, -0.25) is 4.79 Å². The maximum Gasteiger partial charge on any atom is 0.194 e. The van der Waals surface area contributed by atoms with Crippen molar-refractivity contribution < 1.29 is 24.1 Å². The number of Topliss-reactive ketones (excluding diaryl/α,β-unsaturated/α-hetero) is 1. The molecule has 0 saturated heterocycles. The summed E-state index contributed by atoms with van der Waals surface area (Å²) in [5, 5.41) is 8.56. The summed E-state index contributed by atoms with van der Waals surface area (Å²) in [6.07, 6.45) is 0. The Hall–Kier alpha value is -1.43. The average molecular weight is 377 g/mol. The Bertz CT molecular complexity index is 427. The molecule has 0 spiro atoms. The van der Waals surface area contributed by atoms with E-state index in [1.54, 1.807) is 38.1 Å². The summed E-state index contributed by atoms with van der Waals surface area (Å²) in [4.78, 5) is 12.3. The Balaban J connectivity index is -0.000000294. The van der Waals surface area contributed by atoms with Crippen molar-refractivity contribution in [2.75, 3.05) is 33.0 Å². The highest BCUT2D eigenvalue weighted by atomic mass is 16.5. The van der Waals surface area contributed by atoms with Crippen LogP contribution < -0.4 is 4.74 Å². The lowest BCUT2D eigenvalue weighted by molar-refractivity contribution is 0.00125. The molecule has 1 N–H and O–H groups in total. The average Bonchev–Trinajstić information content (AvgIpc) is 2.47. The molecule has 0 atom stereocenters. The summed E-state index contributed by atoms with van der Waals surface area (Å²) in [6.45, 7) is 7.02. The van der Waals surface area contributed by atoms with E-state index in [0.717, 1.165) is 0 Å². The first-order chi connectivity index (χ1) is 10.0. The summed E-state index contributed by atoms with van der Waals surface area (Å²) in [5.74, 6) is 0.621. The number of hydrogen-bond donors (Lipinski definition) is 1. The van der Waals surface area contributed by atoms with Crippen molar-refractivity contribution in [2.45, 2.75) is 63.5 Å². The van der Waals surface area contributed by atoms with Crippen LogP contribution in [0, 0.1) is 0 Å². The molecule has 1 aromatic carbocycles. The maximum absolute atomic E-state index is 12.3. The van der Waals surface area contributed by atoms with Crippen molar-refractivity contribution in [3.8, 4) is 5.75 Å². The highest BCUT2D eigenvalue weighted by Gasteiger charge is 2.28. The molecular weight excluding hydrogens is 332 g/mol. The van der Waals surface area contributed by atoms with Gasteiger partial charge in [0.05, 0.1) is 19.8 Å². The predicted octanol–water partition coefficient (Wildman–Crippen LogP) is 5.25. The summed E-state index contributed by atoms with van der Waals surface area (Å²) in [6, 6.07) is 6.96. The number of ether oxygens (including phenoxy) is 3. The van der Waals surface area contributed by atoms with E-state index in [9.17, 15) is 4.79 Å². The molecule has 158 valence electrons. The Morgan fingerprint density at radius 1 is 0.962 bits per heavy atom. The van der Waals surface area contributed by atoms with Crippen molar-refractivity contribution in [3.05, 3.63) is 29.8 Å². The lowest BCUT2D eigenvalue weighted by Gasteiger charge is -2.23. The van der Waals surface area contributed by atoms with E-state index < -0.39 is 5.60 Å². The number of ketones is 1. The quantitative estimate of drug-likeness (QED) is 0.446. The Kier molecular flexibility index (Phi) is 25.2. The molecule has 1 rings (SSSR count). The molecule has 26 heavy (non-hydrogen) atoms. The SMILES string of the molecule is C.C.C.C.C.CCOC(C)(C)C(=O)c1ccc(OCCOCCO)cc1. The van der Waals surface area contributed by atoms with Gasteiger partial charge in [0.15, 0.2) is 5.78 Å². The zero-order chi connectivity index (χ0) is 15.7.